The lowest BCUT2D eigenvalue weighted by atomic mass is 10.2. The van der Waals surface area contributed by atoms with E-state index >= 15 is 0 Å². The van der Waals surface area contributed by atoms with Crippen molar-refractivity contribution in [1.29, 1.82) is 0 Å². The van der Waals surface area contributed by atoms with E-state index in [0.717, 1.165) is 16.9 Å². The third kappa shape index (κ3) is 3.92. The zero-order valence-electron chi connectivity index (χ0n) is 13.6. The minimum Gasteiger partial charge on any atom is -0.477 e. The molecule has 0 fully saturated rings. The van der Waals surface area contributed by atoms with Crippen LogP contribution in [0, 0.1) is 0 Å². The molecule has 0 unspecified atom stereocenters. The largest absolute Gasteiger partial charge is 0.477 e. The summed E-state index contributed by atoms with van der Waals surface area (Å²) in [5.41, 5.74) is 0.892. The summed E-state index contributed by atoms with van der Waals surface area (Å²) in [6.45, 7) is 1.33. The lowest BCUT2D eigenvalue weighted by Gasteiger charge is -2.22. The second-order valence-corrected chi connectivity index (χ2v) is 6.46. The molecule has 3 rings (SSSR count). The fourth-order valence-corrected chi connectivity index (χ4v) is 3.25. The van der Waals surface area contributed by atoms with Crippen molar-refractivity contribution in [3.8, 4) is 11.5 Å². The van der Waals surface area contributed by atoms with Gasteiger partial charge in [-0.05, 0) is 29.8 Å². The predicted octanol–water partition coefficient (Wildman–Crippen LogP) is 2.46. The van der Waals surface area contributed by atoms with Gasteiger partial charge in [0.25, 0.3) is 5.91 Å². The Kier molecular flexibility index (Phi) is 5.20. The molecule has 0 saturated heterocycles. The fraction of sp³-hybridized carbons (Fsp3) is 0.294. The van der Waals surface area contributed by atoms with Gasteiger partial charge >= 0.3 is 5.97 Å². The van der Waals surface area contributed by atoms with E-state index in [4.69, 9.17) is 19.3 Å². The van der Waals surface area contributed by atoms with E-state index in [1.165, 1.54) is 12.1 Å². The lowest BCUT2D eigenvalue weighted by Crippen LogP contribution is -2.33. The number of carboxylic acid groups (broad SMARTS) is 1. The van der Waals surface area contributed by atoms with Gasteiger partial charge < -0.3 is 24.2 Å². The number of carbonyl (C=O) groups is 2. The highest BCUT2D eigenvalue weighted by Gasteiger charge is 2.21. The molecule has 0 radical (unpaired) electrons. The molecule has 0 spiro atoms. The van der Waals surface area contributed by atoms with Crippen molar-refractivity contribution < 1.29 is 28.9 Å². The number of thiophene rings is 1. The first-order valence-corrected chi connectivity index (χ1v) is 8.40. The number of methoxy groups -OCH3 is 1. The molecule has 0 bridgehead atoms. The van der Waals surface area contributed by atoms with Crippen LogP contribution in [0.3, 0.4) is 0 Å². The van der Waals surface area contributed by atoms with Crippen LogP contribution >= 0.6 is 11.3 Å². The maximum absolute atomic E-state index is 12.8. The van der Waals surface area contributed by atoms with Crippen LogP contribution in [-0.2, 0) is 11.3 Å². The molecule has 1 aliphatic heterocycles. The maximum Gasteiger partial charge on any atom is 0.345 e. The summed E-state index contributed by atoms with van der Waals surface area (Å²) in [5, 5.41) is 9.02. The van der Waals surface area contributed by atoms with Crippen LogP contribution in [0.5, 0.6) is 11.5 Å². The second-order valence-electron chi connectivity index (χ2n) is 5.38. The molecular formula is C17H17NO6S. The molecule has 1 aliphatic rings. The fourth-order valence-electron chi connectivity index (χ4n) is 2.44. The summed E-state index contributed by atoms with van der Waals surface area (Å²) in [6, 6.07) is 8.50. The van der Waals surface area contributed by atoms with Gasteiger partial charge in [-0.3, -0.25) is 4.79 Å². The van der Waals surface area contributed by atoms with Gasteiger partial charge in [-0.2, -0.15) is 0 Å². The Bertz CT molecular complexity index is 787. The van der Waals surface area contributed by atoms with Gasteiger partial charge in [0.1, 0.15) is 4.88 Å². The van der Waals surface area contributed by atoms with Crippen LogP contribution in [0.15, 0.2) is 30.3 Å². The summed E-state index contributed by atoms with van der Waals surface area (Å²) in [5.74, 6) is 0.0688. The Morgan fingerprint density at radius 3 is 2.68 bits per heavy atom. The molecule has 2 heterocycles. The molecule has 25 heavy (non-hydrogen) atoms. The number of benzene rings is 1. The van der Waals surface area contributed by atoms with Crippen molar-refractivity contribution in [2.45, 2.75) is 6.54 Å². The van der Waals surface area contributed by atoms with Gasteiger partial charge in [-0.25, -0.2) is 4.79 Å². The number of amides is 1. The highest BCUT2D eigenvalue weighted by Crippen LogP contribution is 2.33. The highest BCUT2D eigenvalue weighted by molar-refractivity contribution is 7.15. The topological polar surface area (TPSA) is 85.3 Å². The molecule has 0 saturated carbocycles. The molecule has 8 heteroatoms. The first-order chi connectivity index (χ1) is 12.1. The number of nitrogens with zero attached hydrogens (tertiary/aromatic N) is 1. The molecule has 1 amide bonds. The van der Waals surface area contributed by atoms with Gasteiger partial charge in [-0.15, -0.1) is 11.3 Å². The third-order valence-corrected chi connectivity index (χ3v) is 4.75. The number of carboxylic acids is 1. The number of rotatable bonds is 7. The van der Waals surface area contributed by atoms with Crippen LogP contribution in [-0.4, -0.2) is 48.9 Å². The summed E-state index contributed by atoms with van der Waals surface area (Å²) in [4.78, 5) is 25.9. The van der Waals surface area contributed by atoms with Gasteiger partial charge in [0, 0.05) is 20.2 Å². The van der Waals surface area contributed by atoms with Gasteiger partial charge in [0.15, 0.2) is 11.5 Å². The Balaban J connectivity index is 1.78. The van der Waals surface area contributed by atoms with Crippen molar-refractivity contribution >= 4 is 23.2 Å². The lowest BCUT2D eigenvalue weighted by molar-refractivity contribution is 0.0683. The third-order valence-electron chi connectivity index (χ3n) is 3.69. The van der Waals surface area contributed by atoms with E-state index in [9.17, 15) is 9.59 Å². The van der Waals surface area contributed by atoms with E-state index in [2.05, 4.69) is 0 Å². The van der Waals surface area contributed by atoms with Crippen molar-refractivity contribution in [2.75, 3.05) is 27.1 Å². The average Bonchev–Trinajstić information content (AvgIpc) is 3.26. The van der Waals surface area contributed by atoms with E-state index in [0.29, 0.717) is 36.1 Å². The van der Waals surface area contributed by atoms with Gasteiger partial charge in [0.2, 0.25) is 6.79 Å². The number of aromatic carboxylic acids is 1. The minimum atomic E-state index is -1.04. The van der Waals surface area contributed by atoms with Crippen LogP contribution < -0.4 is 9.47 Å². The van der Waals surface area contributed by atoms with Crippen molar-refractivity contribution in [3.63, 3.8) is 0 Å². The van der Waals surface area contributed by atoms with E-state index in [1.807, 2.05) is 18.2 Å². The van der Waals surface area contributed by atoms with E-state index in [-0.39, 0.29) is 17.6 Å². The smallest absolute Gasteiger partial charge is 0.345 e. The SMILES string of the molecule is COCCN(Cc1ccc2c(c1)OCO2)C(=O)c1ccc(C(=O)O)s1. The quantitative estimate of drug-likeness (QED) is 0.813. The normalized spacial score (nSPS) is 12.2. The maximum atomic E-state index is 12.8. The van der Waals surface area contributed by atoms with Crippen molar-refractivity contribution in [2.24, 2.45) is 0 Å². The van der Waals surface area contributed by atoms with Gasteiger partial charge in [0.05, 0.1) is 11.5 Å². The summed E-state index contributed by atoms with van der Waals surface area (Å²) >= 11 is 0.965. The Hall–Kier alpha value is -2.58. The Labute approximate surface area is 148 Å². The molecule has 0 aliphatic carbocycles. The summed E-state index contributed by atoms with van der Waals surface area (Å²) in [6.07, 6.45) is 0. The number of hydrogen-bond acceptors (Lipinski definition) is 6. The van der Waals surface area contributed by atoms with Crippen LogP contribution in [0.1, 0.15) is 24.9 Å². The Morgan fingerprint density at radius 2 is 1.96 bits per heavy atom. The van der Waals surface area contributed by atoms with Crippen molar-refractivity contribution in [3.05, 3.63) is 45.6 Å². The van der Waals surface area contributed by atoms with Crippen LogP contribution in [0.25, 0.3) is 0 Å². The molecule has 1 aromatic carbocycles. The van der Waals surface area contributed by atoms with Crippen LogP contribution in [0.4, 0.5) is 0 Å². The number of carbonyl (C=O) groups excluding carboxylic acids is 1. The first-order valence-electron chi connectivity index (χ1n) is 7.58. The van der Waals surface area contributed by atoms with Crippen LogP contribution in [0.2, 0.25) is 0 Å². The average molecular weight is 363 g/mol. The molecule has 1 aromatic heterocycles. The standard InChI is InChI=1S/C17H17NO6S/c1-22-7-6-18(16(19)14-4-5-15(25-14)17(20)21)9-11-2-3-12-13(8-11)24-10-23-12/h2-5,8H,6-7,9-10H2,1H3,(H,20,21). The molecular weight excluding hydrogens is 346 g/mol. The molecule has 132 valence electrons. The zero-order chi connectivity index (χ0) is 17.8. The first kappa shape index (κ1) is 17.2. The predicted molar refractivity (Wildman–Crippen MR) is 90.5 cm³/mol. The highest BCUT2D eigenvalue weighted by atomic mass is 32.1. The van der Waals surface area contributed by atoms with E-state index < -0.39 is 5.97 Å². The molecule has 0 atom stereocenters. The van der Waals surface area contributed by atoms with E-state index in [1.54, 1.807) is 12.0 Å². The summed E-state index contributed by atoms with van der Waals surface area (Å²) < 4.78 is 15.7. The minimum absolute atomic E-state index is 0.137. The molecule has 2 aromatic rings. The monoisotopic (exact) mass is 363 g/mol. The number of hydrogen-bond donors (Lipinski definition) is 1. The second kappa shape index (κ2) is 7.54. The zero-order valence-corrected chi connectivity index (χ0v) is 14.4. The number of fused-ring (bicyclic) bond motifs is 1. The van der Waals surface area contributed by atoms with Gasteiger partial charge in [-0.1, -0.05) is 6.07 Å². The van der Waals surface area contributed by atoms with Crippen molar-refractivity contribution in [1.82, 2.24) is 4.90 Å². The molecule has 1 N–H and O–H groups in total. The Morgan fingerprint density at radius 1 is 1.20 bits per heavy atom. The summed E-state index contributed by atoms with van der Waals surface area (Å²) in [7, 11) is 1.57. The molecule has 7 nitrogen and oxygen atoms in total. The number of ether oxygens (including phenoxy) is 3.